The molecule has 0 fully saturated rings. The smallest absolute Gasteiger partial charge is 0.0978 e. The molecule has 3 nitrogen and oxygen atoms in total. The first-order valence-electron chi connectivity index (χ1n) is 10.5. The van der Waals surface area contributed by atoms with Gasteiger partial charge in [-0.2, -0.15) is 0 Å². The molecule has 5 rings (SSSR count). The topological polar surface area (TPSA) is 38.7 Å². The molecule has 0 N–H and O–H groups in total. The van der Waals surface area contributed by atoms with Crippen LogP contribution >= 0.6 is 0 Å². The van der Waals surface area contributed by atoms with E-state index in [0.717, 1.165) is 44.8 Å². The fourth-order valence-electron chi connectivity index (χ4n) is 4.26. The van der Waals surface area contributed by atoms with Crippen LogP contribution in [-0.2, 0) is 0 Å². The molecule has 5 aromatic rings. The van der Waals surface area contributed by atoms with E-state index < -0.39 is 0 Å². The summed E-state index contributed by atoms with van der Waals surface area (Å²) in [7, 11) is 0. The van der Waals surface area contributed by atoms with Crippen LogP contribution in [0.25, 0.3) is 44.8 Å². The van der Waals surface area contributed by atoms with E-state index in [1.165, 1.54) is 16.7 Å². The van der Waals surface area contributed by atoms with Crippen molar-refractivity contribution in [2.75, 3.05) is 0 Å². The summed E-state index contributed by atoms with van der Waals surface area (Å²) in [6.07, 6.45) is 1.82. The van der Waals surface area contributed by atoms with E-state index in [2.05, 4.69) is 62.2 Å². The molecule has 0 saturated heterocycles. The van der Waals surface area contributed by atoms with Crippen LogP contribution in [0.5, 0.6) is 0 Å². The molecule has 2 heterocycles. The minimum Gasteiger partial charge on any atom is -0.256 e. The largest absolute Gasteiger partial charge is 0.256 e. The van der Waals surface area contributed by atoms with Crippen LogP contribution in [0.15, 0.2) is 85.1 Å². The Kier molecular flexibility index (Phi) is 4.79. The molecule has 0 bridgehead atoms. The molecule has 0 amide bonds. The Morgan fingerprint density at radius 1 is 0.581 bits per heavy atom. The number of nitrogens with zero attached hydrogens (tertiary/aromatic N) is 3. The van der Waals surface area contributed by atoms with E-state index in [1.54, 1.807) is 0 Å². The van der Waals surface area contributed by atoms with Crippen molar-refractivity contribution < 1.29 is 0 Å². The third kappa shape index (κ3) is 3.59. The van der Waals surface area contributed by atoms with Crippen molar-refractivity contribution in [3.63, 3.8) is 0 Å². The van der Waals surface area contributed by atoms with E-state index in [-0.39, 0.29) is 0 Å². The summed E-state index contributed by atoms with van der Waals surface area (Å²) in [5.41, 5.74) is 11.6. The fourth-order valence-corrected chi connectivity index (χ4v) is 4.26. The number of aryl methyl sites for hydroxylation is 3. The molecule has 0 atom stereocenters. The number of para-hydroxylation sites is 2. The predicted molar refractivity (Wildman–Crippen MR) is 128 cm³/mol. The van der Waals surface area contributed by atoms with Gasteiger partial charge in [0.1, 0.15) is 0 Å². The second-order valence-corrected chi connectivity index (χ2v) is 7.98. The Labute approximate surface area is 182 Å². The molecule has 0 aliphatic carbocycles. The van der Waals surface area contributed by atoms with Crippen molar-refractivity contribution >= 4 is 11.0 Å². The molecule has 0 unspecified atom stereocenters. The van der Waals surface area contributed by atoms with E-state index in [9.17, 15) is 0 Å². The number of hydrogen-bond acceptors (Lipinski definition) is 3. The summed E-state index contributed by atoms with van der Waals surface area (Å²) in [6.45, 7) is 6.44. The van der Waals surface area contributed by atoms with Gasteiger partial charge >= 0.3 is 0 Å². The van der Waals surface area contributed by atoms with Gasteiger partial charge in [-0.25, -0.2) is 9.97 Å². The molecule has 0 saturated carbocycles. The Morgan fingerprint density at radius 2 is 1.16 bits per heavy atom. The molecule has 3 aromatic carbocycles. The maximum atomic E-state index is 5.08. The first kappa shape index (κ1) is 19.1. The minimum atomic E-state index is 0.900. The number of aromatic nitrogens is 3. The molecule has 0 spiro atoms. The molecule has 0 aliphatic heterocycles. The van der Waals surface area contributed by atoms with Crippen molar-refractivity contribution in [2.24, 2.45) is 0 Å². The van der Waals surface area contributed by atoms with Crippen molar-refractivity contribution in [1.29, 1.82) is 0 Å². The highest BCUT2D eigenvalue weighted by atomic mass is 14.8. The average Bonchev–Trinajstić information content (AvgIpc) is 2.79. The molecular weight excluding hydrogens is 378 g/mol. The zero-order chi connectivity index (χ0) is 21.4. The maximum Gasteiger partial charge on any atom is 0.0978 e. The summed E-state index contributed by atoms with van der Waals surface area (Å²) in [5, 5.41) is 0. The summed E-state index contributed by atoms with van der Waals surface area (Å²) >= 11 is 0. The van der Waals surface area contributed by atoms with Crippen LogP contribution in [0.2, 0.25) is 0 Å². The highest BCUT2D eigenvalue weighted by Gasteiger charge is 2.17. The molecule has 3 heteroatoms. The molecule has 0 aliphatic rings. The Balaban J connectivity index is 1.72. The van der Waals surface area contributed by atoms with Gasteiger partial charge in [0.15, 0.2) is 0 Å². The molecule has 150 valence electrons. The van der Waals surface area contributed by atoms with Crippen LogP contribution in [0, 0.1) is 20.8 Å². The van der Waals surface area contributed by atoms with E-state index in [4.69, 9.17) is 9.97 Å². The van der Waals surface area contributed by atoms with Crippen LogP contribution in [0.1, 0.15) is 16.7 Å². The summed E-state index contributed by atoms with van der Waals surface area (Å²) < 4.78 is 0. The lowest BCUT2D eigenvalue weighted by molar-refractivity contribution is 1.25. The first-order valence-corrected chi connectivity index (χ1v) is 10.5. The molecule has 2 aromatic heterocycles. The minimum absolute atomic E-state index is 0.900. The first-order chi connectivity index (χ1) is 15.1. The monoisotopic (exact) mass is 401 g/mol. The SMILES string of the molecule is Cc1cc(C)c(-c2nc3ccccc3nc2-c2ccc(-c3ccccn3)cc2)c(C)c1. The third-order valence-corrected chi connectivity index (χ3v) is 5.60. The lowest BCUT2D eigenvalue weighted by Crippen LogP contribution is -1.99. The number of fused-ring (bicyclic) bond motifs is 1. The predicted octanol–water partition coefficient (Wildman–Crippen LogP) is 6.95. The second kappa shape index (κ2) is 7.77. The highest BCUT2D eigenvalue weighted by Crippen LogP contribution is 2.35. The lowest BCUT2D eigenvalue weighted by Gasteiger charge is -2.16. The van der Waals surface area contributed by atoms with Crippen molar-refractivity contribution in [1.82, 2.24) is 15.0 Å². The Bertz CT molecular complexity index is 1360. The van der Waals surface area contributed by atoms with Crippen molar-refractivity contribution in [3.05, 3.63) is 102 Å². The van der Waals surface area contributed by atoms with Crippen LogP contribution in [-0.4, -0.2) is 15.0 Å². The van der Waals surface area contributed by atoms with E-state index in [1.807, 2.05) is 48.7 Å². The van der Waals surface area contributed by atoms with Gasteiger partial charge in [0, 0.05) is 22.9 Å². The van der Waals surface area contributed by atoms with E-state index in [0.29, 0.717) is 0 Å². The maximum absolute atomic E-state index is 5.08. The molecular formula is C28H23N3. The van der Waals surface area contributed by atoms with Gasteiger partial charge in [-0.1, -0.05) is 60.2 Å². The Hall–Kier alpha value is -3.85. The van der Waals surface area contributed by atoms with Gasteiger partial charge in [0.25, 0.3) is 0 Å². The van der Waals surface area contributed by atoms with Gasteiger partial charge < -0.3 is 0 Å². The number of pyridine rings is 1. The van der Waals surface area contributed by atoms with Crippen LogP contribution in [0.3, 0.4) is 0 Å². The Morgan fingerprint density at radius 3 is 1.77 bits per heavy atom. The standard InChI is InChI=1S/C28H23N3/c1-18-16-19(2)26(20(3)17-18)28-27(30-24-9-4-5-10-25(24)31-28)22-13-11-21(12-14-22)23-8-6-7-15-29-23/h4-17H,1-3H3. The van der Waals surface area contributed by atoms with Gasteiger partial charge in [0.05, 0.1) is 28.1 Å². The highest BCUT2D eigenvalue weighted by molar-refractivity contribution is 5.88. The average molecular weight is 402 g/mol. The van der Waals surface area contributed by atoms with Crippen LogP contribution in [0.4, 0.5) is 0 Å². The molecule has 31 heavy (non-hydrogen) atoms. The van der Waals surface area contributed by atoms with Gasteiger partial charge in [-0.3, -0.25) is 4.98 Å². The van der Waals surface area contributed by atoms with Crippen molar-refractivity contribution in [2.45, 2.75) is 20.8 Å². The summed E-state index contributed by atoms with van der Waals surface area (Å²) in [5.74, 6) is 0. The normalized spacial score (nSPS) is 11.1. The van der Waals surface area contributed by atoms with Gasteiger partial charge in [0.2, 0.25) is 0 Å². The number of benzene rings is 3. The van der Waals surface area contributed by atoms with Crippen LogP contribution < -0.4 is 0 Å². The fraction of sp³-hybridized carbons (Fsp3) is 0.107. The second-order valence-electron chi connectivity index (χ2n) is 7.98. The van der Waals surface area contributed by atoms with E-state index >= 15 is 0 Å². The van der Waals surface area contributed by atoms with Gasteiger partial charge in [-0.05, 0) is 56.2 Å². The summed E-state index contributed by atoms with van der Waals surface area (Å²) in [6, 6.07) is 26.9. The third-order valence-electron chi connectivity index (χ3n) is 5.60. The zero-order valence-corrected chi connectivity index (χ0v) is 17.9. The number of rotatable bonds is 3. The van der Waals surface area contributed by atoms with Gasteiger partial charge in [-0.15, -0.1) is 0 Å². The number of hydrogen-bond donors (Lipinski definition) is 0. The zero-order valence-electron chi connectivity index (χ0n) is 17.9. The summed E-state index contributed by atoms with van der Waals surface area (Å²) in [4.78, 5) is 14.6. The lowest BCUT2D eigenvalue weighted by atomic mass is 9.94. The van der Waals surface area contributed by atoms with Crippen molar-refractivity contribution in [3.8, 4) is 33.8 Å². The molecule has 0 radical (unpaired) electrons. The quantitative estimate of drug-likeness (QED) is 0.328.